The fourth-order valence-electron chi connectivity index (χ4n) is 4.34. The van der Waals surface area contributed by atoms with Crippen molar-refractivity contribution in [3.05, 3.63) is 128 Å². The van der Waals surface area contributed by atoms with E-state index in [0.717, 1.165) is 9.80 Å². The lowest BCUT2D eigenvalue weighted by Crippen LogP contribution is -2.57. The van der Waals surface area contributed by atoms with Crippen molar-refractivity contribution in [2.24, 2.45) is 0 Å². The Labute approximate surface area is 248 Å². The molecule has 1 aliphatic rings. The van der Waals surface area contributed by atoms with Crippen LogP contribution in [0.4, 0.5) is 21.9 Å². The van der Waals surface area contributed by atoms with Crippen molar-refractivity contribution in [3.8, 4) is 11.5 Å². The summed E-state index contributed by atoms with van der Waals surface area (Å²) in [6.45, 7) is 0.102. The molecule has 0 spiro atoms. The van der Waals surface area contributed by atoms with Gasteiger partial charge in [0.15, 0.2) is 11.5 Å². The van der Waals surface area contributed by atoms with E-state index in [1.54, 1.807) is 84.9 Å². The summed E-state index contributed by atoms with van der Waals surface area (Å²) in [7, 11) is 1.45. The molecule has 0 radical (unpaired) electrons. The number of carbonyl (C=O) groups is 3. The first-order valence-corrected chi connectivity index (χ1v) is 13.4. The third kappa shape index (κ3) is 5.63. The fourth-order valence-corrected chi connectivity index (χ4v) is 4.91. The first-order valence-electron chi connectivity index (χ1n) is 12.6. The molecule has 11 heteroatoms. The van der Waals surface area contributed by atoms with E-state index < -0.39 is 22.8 Å². The largest absolute Gasteiger partial charge is 0.493 e. The van der Waals surface area contributed by atoms with Gasteiger partial charge in [-0.15, -0.1) is 0 Å². The number of rotatable bonds is 8. The van der Waals surface area contributed by atoms with Gasteiger partial charge in [-0.1, -0.05) is 36.4 Å². The SMILES string of the molecule is COc1cc(C=C2C(=O)N(c3ccccc3)C(=O)N(c3ccccc3)C2=O)cc(Br)c1OCc1ccc([N+](=O)[O-])cc1. The maximum absolute atomic E-state index is 13.6. The molecule has 0 bridgehead atoms. The lowest BCUT2D eigenvalue weighted by molar-refractivity contribution is -0.384. The van der Waals surface area contributed by atoms with Crippen LogP contribution in [0.1, 0.15) is 11.1 Å². The molecule has 1 fully saturated rings. The van der Waals surface area contributed by atoms with E-state index >= 15 is 0 Å². The summed E-state index contributed by atoms with van der Waals surface area (Å²) in [5.74, 6) is -0.870. The molecule has 0 saturated carbocycles. The number of barbiturate groups is 1. The topological polar surface area (TPSA) is 119 Å². The van der Waals surface area contributed by atoms with Crippen LogP contribution in [0.15, 0.2) is 107 Å². The Kier molecular flexibility index (Phi) is 8.12. The van der Waals surface area contributed by atoms with Crippen LogP contribution >= 0.6 is 15.9 Å². The molecule has 0 atom stereocenters. The van der Waals surface area contributed by atoms with Crippen LogP contribution < -0.4 is 19.3 Å². The normalized spacial score (nSPS) is 13.3. The molecule has 0 aliphatic carbocycles. The first kappa shape index (κ1) is 28.2. The number of non-ortho nitro benzene ring substituents is 1. The minimum absolute atomic E-state index is 0.0277. The Bertz CT molecular complexity index is 1640. The number of hydrogen-bond acceptors (Lipinski definition) is 7. The maximum atomic E-state index is 13.6. The van der Waals surface area contributed by atoms with Crippen LogP contribution in [-0.4, -0.2) is 29.9 Å². The van der Waals surface area contributed by atoms with Gasteiger partial charge in [0, 0.05) is 12.1 Å². The zero-order valence-electron chi connectivity index (χ0n) is 22.1. The summed E-state index contributed by atoms with van der Waals surface area (Å²) in [6.07, 6.45) is 1.40. The van der Waals surface area contributed by atoms with Crippen LogP contribution in [0.2, 0.25) is 0 Å². The number of benzene rings is 4. The van der Waals surface area contributed by atoms with E-state index in [4.69, 9.17) is 9.47 Å². The molecule has 1 saturated heterocycles. The molecule has 4 aromatic rings. The van der Waals surface area contributed by atoms with Crippen LogP contribution in [-0.2, 0) is 16.2 Å². The van der Waals surface area contributed by atoms with Crippen molar-refractivity contribution in [1.82, 2.24) is 0 Å². The molecular formula is C31H22BrN3O7. The number of imide groups is 2. The van der Waals surface area contributed by atoms with Crippen molar-refractivity contribution in [1.29, 1.82) is 0 Å². The average Bonchev–Trinajstić information content (AvgIpc) is 3.00. The third-order valence-electron chi connectivity index (χ3n) is 6.37. The van der Waals surface area contributed by atoms with Crippen molar-refractivity contribution in [2.75, 3.05) is 16.9 Å². The lowest BCUT2D eigenvalue weighted by atomic mass is 10.0. The molecule has 0 aromatic heterocycles. The molecule has 10 nitrogen and oxygen atoms in total. The van der Waals surface area contributed by atoms with E-state index in [2.05, 4.69) is 15.9 Å². The Morgan fingerprint density at radius 3 is 1.88 bits per heavy atom. The second-order valence-corrected chi connectivity index (χ2v) is 9.89. The second-order valence-electron chi connectivity index (χ2n) is 9.04. The van der Waals surface area contributed by atoms with Crippen molar-refractivity contribution >= 4 is 56.9 Å². The number of nitro groups is 1. The monoisotopic (exact) mass is 627 g/mol. The molecule has 42 heavy (non-hydrogen) atoms. The number of anilines is 2. The number of amides is 4. The highest BCUT2D eigenvalue weighted by molar-refractivity contribution is 9.10. The van der Waals surface area contributed by atoms with E-state index in [0.29, 0.717) is 38.5 Å². The van der Waals surface area contributed by atoms with Crippen molar-refractivity contribution in [2.45, 2.75) is 6.61 Å². The summed E-state index contributed by atoms with van der Waals surface area (Å²) in [4.78, 5) is 53.1. The number of hydrogen-bond donors (Lipinski definition) is 0. The zero-order chi connectivity index (χ0) is 29.8. The van der Waals surface area contributed by atoms with Crippen LogP contribution in [0.3, 0.4) is 0 Å². The van der Waals surface area contributed by atoms with Gasteiger partial charge in [0.1, 0.15) is 12.2 Å². The van der Waals surface area contributed by atoms with Gasteiger partial charge < -0.3 is 9.47 Å². The van der Waals surface area contributed by atoms with Gasteiger partial charge in [-0.05, 0) is 81.7 Å². The summed E-state index contributed by atoms with van der Waals surface area (Å²) < 4.78 is 11.9. The molecule has 4 aromatic carbocycles. The van der Waals surface area contributed by atoms with E-state index in [1.807, 2.05) is 0 Å². The lowest BCUT2D eigenvalue weighted by Gasteiger charge is -2.34. The number of para-hydroxylation sites is 2. The number of nitrogens with zero attached hydrogens (tertiary/aromatic N) is 3. The quantitative estimate of drug-likeness (QED) is 0.0942. The molecule has 0 unspecified atom stereocenters. The molecule has 210 valence electrons. The highest BCUT2D eigenvalue weighted by atomic mass is 79.9. The highest BCUT2D eigenvalue weighted by Crippen LogP contribution is 2.38. The summed E-state index contributed by atoms with van der Waals surface area (Å²) in [6, 6.07) is 25.2. The standard InChI is InChI=1S/C31H22BrN3O7/c1-41-27-18-21(17-26(32)28(27)42-19-20-12-14-24(15-13-20)35(39)40)16-25-29(36)33(22-8-4-2-5-9-22)31(38)34(30(25)37)23-10-6-3-7-11-23/h2-18H,19H2,1H3. The molecule has 4 amide bonds. The number of nitro benzene ring substituents is 1. The second kappa shape index (κ2) is 12.1. The van der Waals surface area contributed by atoms with Crippen LogP contribution in [0.25, 0.3) is 6.08 Å². The van der Waals surface area contributed by atoms with Gasteiger partial charge in [0.05, 0.1) is 27.9 Å². The molecule has 5 rings (SSSR count). The summed E-state index contributed by atoms with van der Waals surface area (Å²) >= 11 is 3.48. The van der Waals surface area contributed by atoms with Gasteiger partial charge in [0.25, 0.3) is 17.5 Å². The van der Waals surface area contributed by atoms with Gasteiger partial charge in [0.2, 0.25) is 0 Å². The maximum Gasteiger partial charge on any atom is 0.343 e. The number of methoxy groups -OCH3 is 1. The average molecular weight is 628 g/mol. The Hall–Kier alpha value is -5.29. The number of halogens is 1. The zero-order valence-corrected chi connectivity index (χ0v) is 23.7. The van der Waals surface area contributed by atoms with Gasteiger partial charge in [-0.25, -0.2) is 14.6 Å². The Balaban J connectivity index is 1.50. The predicted molar refractivity (Wildman–Crippen MR) is 159 cm³/mol. The van der Waals surface area contributed by atoms with Crippen LogP contribution in [0.5, 0.6) is 11.5 Å². The highest BCUT2D eigenvalue weighted by Gasteiger charge is 2.43. The summed E-state index contributed by atoms with van der Waals surface area (Å²) in [5.41, 5.74) is 1.52. The van der Waals surface area contributed by atoms with Crippen molar-refractivity contribution in [3.63, 3.8) is 0 Å². The Morgan fingerprint density at radius 2 is 1.38 bits per heavy atom. The first-order chi connectivity index (χ1) is 20.3. The van der Waals surface area contributed by atoms with E-state index in [-0.39, 0.29) is 17.9 Å². The van der Waals surface area contributed by atoms with Gasteiger partial charge >= 0.3 is 6.03 Å². The molecular weight excluding hydrogens is 606 g/mol. The van der Waals surface area contributed by atoms with Crippen molar-refractivity contribution < 1.29 is 28.8 Å². The van der Waals surface area contributed by atoms with E-state index in [1.165, 1.54) is 25.3 Å². The number of ether oxygens (including phenoxy) is 2. The molecule has 0 N–H and O–H groups in total. The summed E-state index contributed by atoms with van der Waals surface area (Å²) in [5, 5.41) is 10.9. The third-order valence-corrected chi connectivity index (χ3v) is 6.96. The molecule has 1 heterocycles. The van der Waals surface area contributed by atoms with Gasteiger partial charge in [-0.3, -0.25) is 19.7 Å². The molecule has 1 aliphatic heterocycles. The van der Waals surface area contributed by atoms with Gasteiger partial charge in [-0.2, -0.15) is 0 Å². The number of carbonyl (C=O) groups excluding carboxylic acids is 3. The fraction of sp³-hybridized carbons (Fsp3) is 0.0645. The minimum atomic E-state index is -0.784. The predicted octanol–water partition coefficient (Wildman–Crippen LogP) is 6.53. The smallest absolute Gasteiger partial charge is 0.343 e. The minimum Gasteiger partial charge on any atom is -0.493 e. The van der Waals surface area contributed by atoms with Crippen LogP contribution in [0, 0.1) is 10.1 Å². The van der Waals surface area contributed by atoms with E-state index in [9.17, 15) is 24.5 Å². The Morgan fingerprint density at radius 1 is 0.833 bits per heavy atom. The number of urea groups is 1.